The van der Waals surface area contributed by atoms with E-state index in [-0.39, 0.29) is 18.7 Å². The average molecular weight is 610 g/mol. The zero-order chi connectivity index (χ0) is 30.6. The van der Waals surface area contributed by atoms with Gasteiger partial charge in [0, 0.05) is 23.5 Å². The second-order valence-corrected chi connectivity index (χ2v) is 11.4. The van der Waals surface area contributed by atoms with Crippen molar-refractivity contribution in [2.75, 3.05) is 7.11 Å². The van der Waals surface area contributed by atoms with Crippen LogP contribution in [-0.2, 0) is 26.2 Å². The fourth-order valence-corrected chi connectivity index (χ4v) is 6.59. The summed E-state index contributed by atoms with van der Waals surface area (Å²) in [6, 6.07) is 30.1. The van der Waals surface area contributed by atoms with Crippen LogP contribution < -0.4 is 21.3 Å². The van der Waals surface area contributed by atoms with E-state index >= 15 is 0 Å². The van der Waals surface area contributed by atoms with Gasteiger partial charge in [-0.3, -0.25) is 13.9 Å². The topological polar surface area (TPSA) is 65.3 Å². The maximum absolute atomic E-state index is 14.9. The first-order valence-electron chi connectivity index (χ1n) is 14.1. The maximum atomic E-state index is 14.9. The first kappa shape index (κ1) is 29.2. The molecule has 0 unspecified atom stereocenters. The predicted octanol–water partition coefficient (Wildman–Crippen LogP) is 6.56. The third-order valence-electron chi connectivity index (χ3n) is 7.54. The van der Waals surface area contributed by atoms with Crippen molar-refractivity contribution in [2.24, 2.45) is 0 Å². The second kappa shape index (κ2) is 12.8. The molecule has 0 amide bonds. The Labute approximate surface area is 256 Å². The zero-order valence-corrected chi connectivity index (χ0v) is 24.7. The van der Waals surface area contributed by atoms with E-state index in [1.54, 1.807) is 7.11 Å². The lowest BCUT2D eigenvalue weighted by atomic mass is 10.1. The van der Waals surface area contributed by atoms with Crippen LogP contribution in [0.25, 0.3) is 20.7 Å². The number of fused-ring (bicyclic) bond motifs is 1. The quantitative estimate of drug-likeness (QED) is 0.191. The Balaban J connectivity index is 1.58. The van der Waals surface area contributed by atoms with Crippen molar-refractivity contribution in [3.63, 3.8) is 0 Å². The van der Waals surface area contributed by atoms with Gasteiger partial charge in [0.05, 0.1) is 25.6 Å². The summed E-state index contributed by atoms with van der Waals surface area (Å²) in [6.45, 7) is 0.517. The van der Waals surface area contributed by atoms with Crippen molar-refractivity contribution in [1.29, 1.82) is 0 Å². The number of halogens is 2. The van der Waals surface area contributed by atoms with Crippen LogP contribution in [0.5, 0.6) is 5.75 Å². The summed E-state index contributed by atoms with van der Waals surface area (Å²) in [5.41, 5.74) is 2.03. The highest BCUT2D eigenvalue weighted by Gasteiger charge is 2.24. The largest absolute Gasteiger partial charge is 0.497 e. The molecule has 0 aliphatic carbocycles. The normalized spacial score (nSPS) is 11.2. The zero-order valence-electron chi connectivity index (χ0n) is 23.9. The minimum absolute atomic E-state index is 0.0127. The first-order valence-corrected chi connectivity index (χ1v) is 14.9. The van der Waals surface area contributed by atoms with Gasteiger partial charge in [-0.25, -0.2) is 13.6 Å². The Morgan fingerprint density at radius 2 is 1.34 bits per heavy atom. The lowest BCUT2D eigenvalue weighted by molar-refractivity contribution is 0.415. The molecular weight excluding hydrogens is 580 g/mol. The predicted molar refractivity (Wildman–Crippen MR) is 170 cm³/mol. The Hall–Kier alpha value is -4.86. The number of aromatic nitrogens is 2. The summed E-state index contributed by atoms with van der Waals surface area (Å²) in [6.07, 6.45) is 0. The summed E-state index contributed by atoms with van der Waals surface area (Å²) >= 11 is 1.26. The molecule has 44 heavy (non-hydrogen) atoms. The van der Waals surface area contributed by atoms with Gasteiger partial charge < -0.3 is 10.1 Å². The van der Waals surface area contributed by atoms with E-state index in [1.165, 1.54) is 22.0 Å². The summed E-state index contributed by atoms with van der Waals surface area (Å²) in [5.74, 6) is -0.846. The summed E-state index contributed by atoms with van der Waals surface area (Å²) < 4.78 is 37.6. The minimum Gasteiger partial charge on any atom is -0.497 e. The summed E-state index contributed by atoms with van der Waals surface area (Å²) in [4.78, 5) is 29.4. The molecule has 222 valence electrons. The first-order chi connectivity index (χ1) is 21.4. The fourth-order valence-electron chi connectivity index (χ4n) is 5.28. The Morgan fingerprint density at radius 3 is 1.98 bits per heavy atom. The number of rotatable bonds is 10. The number of ether oxygens (including phenoxy) is 1. The van der Waals surface area contributed by atoms with Crippen LogP contribution in [0.3, 0.4) is 0 Å². The molecule has 6 nitrogen and oxygen atoms in total. The average Bonchev–Trinajstić information content (AvgIpc) is 3.43. The molecule has 0 bridgehead atoms. The number of nitrogens with one attached hydrogen (secondary N) is 1. The summed E-state index contributed by atoms with van der Waals surface area (Å²) in [5, 5.41) is 3.80. The lowest BCUT2D eigenvalue weighted by Crippen LogP contribution is -2.40. The Morgan fingerprint density at radius 1 is 0.705 bits per heavy atom. The molecule has 2 heterocycles. The fraction of sp³-hybridized carbons (Fsp3) is 0.143. The molecule has 0 saturated carbocycles. The number of nitrogens with zero attached hydrogens (tertiary/aromatic N) is 2. The van der Waals surface area contributed by atoms with Crippen LogP contribution in [0, 0.1) is 11.6 Å². The highest BCUT2D eigenvalue weighted by molar-refractivity contribution is 7.22. The second-order valence-electron chi connectivity index (χ2n) is 10.4. The third kappa shape index (κ3) is 5.84. The van der Waals surface area contributed by atoms with E-state index in [0.29, 0.717) is 34.6 Å². The molecular formula is C35H29F2N3O3S. The van der Waals surface area contributed by atoms with Crippen LogP contribution in [0.1, 0.15) is 22.3 Å². The molecule has 0 radical (unpaired) electrons. The van der Waals surface area contributed by atoms with Crippen molar-refractivity contribution in [1.82, 2.24) is 14.5 Å². The third-order valence-corrected chi connectivity index (χ3v) is 8.85. The van der Waals surface area contributed by atoms with Crippen molar-refractivity contribution in [2.45, 2.75) is 26.2 Å². The molecule has 0 fully saturated rings. The van der Waals surface area contributed by atoms with E-state index < -0.39 is 22.9 Å². The van der Waals surface area contributed by atoms with Crippen molar-refractivity contribution in [3.8, 4) is 16.2 Å². The van der Waals surface area contributed by atoms with Crippen LogP contribution in [0.4, 0.5) is 8.78 Å². The summed E-state index contributed by atoms with van der Waals surface area (Å²) in [7, 11) is 1.59. The number of hydrogen-bond acceptors (Lipinski definition) is 5. The van der Waals surface area contributed by atoms with Gasteiger partial charge in [0.15, 0.2) is 0 Å². The van der Waals surface area contributed by atoms with E-state index in [9.17, 15) is 18.4 Å². The van der Waals surface area contributed by atoms with Gasteiger partial charge in [0.1, 0.15) is 22.2 Å². The highest BCUT2D eigenvalue weighted by atomic mass is 32.1. The van der Waals surface area contributed by atoms with E-state index in [1.807, 2.05) is 84.9 Å². The van der Waals surface area contributed by atoms with Crippen molar-refractivity contribution in [3.05, 3.63) is 158 Å². The number of benzene rings is 4. The number of methoxy groups -OCH3 is 1. The van der Waals surface area contributed by atoms with Crippen molar-refractivity contribution >= 4 is 21.6 Å². The SMILES string of the molecule is COc1ccc(-c2sc3c(c2CNCc2ccccc2)c(=O)n(Cc2ccccc2)c(=O)n3Cc2c(F)cccc2F)cc1. The van der Waals surface area contributed by atoms with Crippen LogP contribution >= 0.6 is 11.3 Å². The van der Waals surface area contributed by atoms with E-state index in [2.05, 4.69) is 5.32 Å². The molecule has 0 saturated heterocycles. The van der Waals surface area contributed by atoms with Gasteiger partial charge >= 0.3 is 5.69 Å². The van der Waals surface area contributed by atoms with Gasteiger partial charge in [-0.1, -0.05) is 66.7 Å². The smallest absolute Gasteiger partial charge is 0.332 e. The van der Waals surface area contributed by atoms with Crippen molar-refractivity contribution < 1.29 is 13.5 Å². The van der Waals surface area contributed by atoms with Crippen LogP contribution in [-0.4, -0.2) is 16.2 Å². The molecule has 6 rings (SSSR count). The molecule has 6 aromatic rings. The molecule has 0 aliphatic rings. The van der Waals surface area contributed by atoms with E-state index in [4.69, 9.17) is 4.74 Å². The monoisotopic (exact) mass is 609 g/mol. The van der Waals surface area contributed by atoms with Gasteiger partial charge in [-0.05, 0) is 58.7 Å². The molecule has 0 spiro atoms. The molecule has 0 atom stereocenters. The standard InChI is InChI=1S/C35H29F2N3O3S/c1-43-26-17-15-25(16-18-26)32-27(20-38-19-23-9-4-2-5-10-23)31-33(41)39(21-24-11-6-3-7-12-24)35(42)40(34(31)44-32)22-28-29(36)13-8-14-30(28)37/h2-18,38H,19-22H2,1H3. The molecule has 4 aromatic carbocycles. The highest BCUT2D eigenvalue weighted by Crippen LogP contribution is 2.38. The minimum atomic E-state index is -0.762. The van der Waals surface area contributed by atoms with Gasteiger partial charge in [0.2, 0.25) is 0 Å². The van der Waals surface area contributed by atoms with Gasteiger partial charge in [0.25, 0.3) is 5.56 Å². The van der Waals surface area contributed by atoms with E-state index in [0.717, 1.165) is 38.3 Å². The molecule has 1 N–H and O–H groups in total. The lowest BCUT2D eigenvalue weighted by Gasteiger charge is -2.14. The van der Waals surface area contributed by atoms with Crippen LogP contribution in [0.15, 0.2) is 113 Å². The molecule has 0 aliphatic heterocycles. The molecule has 2 aromatic heterocycles. The Kier molecular flexibility index (Phi) is 8.49. The Bertz CT molecular complexity index is 2020. The maximum Gasteiger partial charge on any atom is 0.332 e. The molecule has 9 heteroatoms. The van der Waals surface area contributed by atoms with Gasteiger partial charge in [-0.15, -0.1) is 11.3 Å². The van der Waals surface area contributed by atoms with Crippen LogP contribution in [0.2, 0.25) is 0 Å². The number of hydrogen-bond donors (Lipinski definition) is 1. The number of thiophene rings is 1. The van der Waals surface area contributed by atoms with Gasteiger partial charge in [-0.2, -0.15) is 0 Å².